The zero-order valence-electron chi connectivity index (χ0n) is 11.2. The number of nitrogens with two attached hydrogens (primary N) is 1. The van der Waals surface area contributed by atoms with Crippen LogP contribution in [0.5, 0.6) is 0 Å². The molecule has 2 rings (SSSR count). The summed E-state index contributed by atoms with van der Waals surface area (Å²) in [6, 6.07) is 6.04. The van der Waals surface area contributed by atoms with Gasteiger partial charge in [0, 0.05) is 12.6 Å². The molecule has 18 heavy (non-hydrogen) atoms. The van der Waals surface area contributed by atoms with Crippen LogP contribution in [0.3, 0.4) is 0 Å². The molecule has 0 bridgehead atoms. The Balaban J connectivity index is 2.03. The zero-order chi connectivity index (χ0) is 13.0. The van der Waals surface area contributed by atoms with Gasteiger partial charge in [0.2, 0.25) is 0 Å². The maximum Gasteiger partial charge on any atom is 0.126 e. The van der Waals surface area contributed by atoms with Gasteiger partial charge in [0.15, 0.2) is 0 Å². The van der Waals surface area contributed by atoms with Gasteiger partial charge in [-0.2, -0.15) is 0 Å². The highest BCUT2D eigenvalue weighted by molar-refractivity contribution is 5.23. The van der Waals surface area contributed by atoms with E-state index in [2.05, 4.69) is 4.90 Å². The summed E-state index contributed by atoms with van der Waals surface area (Å²) in [5.41, 5.74) is 7.63. The highest BCUT2D eigenvalue weighted by atomic mass is 19.1. The lowest BCUT2D eigenvalue weighted by atomic mass is 9.98. The van der Waals surface area contributed by atoms with Gasteiger partial charge < -0.3 is 5.73 Å². The van der Waals surface area contributed by atoms with Crippen LogP contribution >= 0.6 is 0 Å². The fourth-order valence-electron chi connectivity index (χ4n) is 2.83. The summed E-state index contributed by atoms with van der Waals surface area (Å²) < 4.78 is 13.2. The third-order valence-electron chi connectivity index (χ3n) is 3.86. The lowest BCUT2D eigenvalue weighted by molar-refractivity contribution is 0.134. The largest absolute Gasteiger partial charge is 0.330 e. The number of likely N-dealkylation sites (tertiary alicyclic amines) is 1. The monoisotopic (exact) mass is 250 g/mol. The topological polar surface area (TPSA) is 29.3 Å². The van der Waals surface area contributed by atoms with Crippen LogP contribution in [0.2, 0.25) is 0 Å². The summed E-state index contributed by atoms with van der Waals surface area (Å²) in [5, 5.41) is 0. The Morgan fingerprint density at radius 3 is 2.94 bits per heavy atom. The SMILES string of the molecule is Cc1cc(CN2CCCCC2CCN)ccc1F. The van der Waals surface area contributed by atoms with Crippen LogP contribution in [0.15, 0.2) is 18.2 Å². The normalized spacial score (nSPS) is 21.2. The summed E-state index contributed by atoms with van der Waals surface area (Å²) in [6.07, 6.45) is 4.89. The Morgan fingerprint density at radius 1 is 1.39 bits per heavy atom. The average molecular weight is 250 g/mol. The minimum Gasteiger partial charge on any atom is -0.330 e. The smallest absolute Gasteiger partial charge is 0.126 e. The molecule has 1 unspecified atom stereocenters. The van der Waals surface area contributed by atoms with Crippen molar-refractivity contribution in [2.75, 3.05) is 13.1 Å². The molecule has 0 aliphatic carbocycles. The Kier molecular flexibility index (Phi) is 4.72. The van der Waals surface area contributed by atoms with Gasteiger partial charge in [-0.3, -0.25) is 4.90 Å². The van der Waals surface area contributed by atoms with Crippen molar-refractivity contribution >= 4 is 0 Å². The predicted molar refractivity (Wildman–Crippen MR) is 72.9 cm³/mol. The van der Waals surface area contributed by atoms with E-state index in [1.165, 1.54) is 24.8 Å². The minimum absolute atomic E-state index is 0.115. The summed E-state index contributed by atoms with van der Waals surface area (Å²) in [4.78, 5) is 2.50. The lowest BCUT2D eigenvalue weighted by Crippen LogP contribution is -2.40. The van der Waals surface area contributed by atoms with E-state index >= 15 is 0 Å². The van der Waals surface area contributed by atoms with Gasteiger partial charge in [-0.15, -0.1) is 0 Å². The molecule has 0 spiro atoms. The molecule has 1 fully saturated rings. The van der Waals surface area contributed by atoms with Crippen LogP contribution in [0.25, 0.3) is 0 Å². The third-order valence-corrected chi connectivity index (χ3v) is 3.86. The van der Waals surface area contributed by atoms with Crippen LogP contribution in [0.4, 0.5) is 4.39 Å². The summed E-state index contributed by atoms with van der Waals surface area (Å²) >= 11 is 0. The molecule has 100 valence electrons. The fraction of sp³-hybridized carbons (Fsp3) is 0.600. The highest BCUT2D eigenvalue weighted by Gasteiger charge is 2.21. The maximum absolute atomic E-state index is 13.2. The zero-order valence-corrected chi connectivity index (χ0v) is 11.2. The Hall–Kier alpha value is -0.930. The number of nitrogens with zero attached hydrogens (tertiary/aromatic N) is 1. The molecule has 3 heteroatoms. The van der Waals surface area contributed by atoms with Gasteiger partial charge in [0.05, 0.1) is 0 Å². The van der Waals surface area contributed by atoms with Crippen molar-refractivity contribution in [3.8, 4) is 0 Å². The maximum atomic E-state index is 13.2. The number of piperidine rings is 1. The van der Waals surface area contributed by atoms with E-state index in [0.29, 0.717) is 6.04 Å². The number of aryl methyl sites for hydroxylation is 1. The third kappa shape index (κ3) is 3.30. The second kappa shape index (κ2) is 6.30. The van der Waals surface area contributed by atoms with Crippen LogP contribution < -0.4 is 5.73 Å². The molecule has 1 atom stereocenters. The van der Waals surface area contributed by atoms with E-state index in [1.54, 1.807) is 6.07 Å². The molecule has 1 heterocycles. The van der Waals surface area contributed by atoms with Crippen molar-refractivity contribution in [2.45, 2.75) is 45.2 Å². The second-order valence-electron chi connectivity index (χ2n) is 5.28. The fourth-order valence-corrected chi connectivity index (χ4v) is 2.83. The molecule has 1 aliphatic heterocycles. The highest BCUT2D eigenvalue weighted by Crippen LogP contribution is 2.22. The number of hydrogen-bond acceptors (Lipinski definition) is 2. The quantitative estimate of drug-likeness (QED) is 0.890. The minimum atomic E-state index is -0.115. The van der Waals surface area contributed by atoms with Crippen molar-refractivity contribution in [2.24, 2.45) is 5.73 Å². The molecular weight excluding hydrogens is 227 g/mol. The van der Waals surface area contributed by atoms with E-state index in [1.807, 2.05) is 19.1 Å². The number of benzene rings is 1. The first kappa shape index (κ1) is 13.5. The number of hydrogen-bond donors (Lipinski definition) is 1. The number of rotatable bonds is 4. The van der Waals surface area contributed by atoms with Gasteiger partial charge in [-0.05, 0) is 56.5 Å². The van der Waals surface area contributed by atoms with E-state index in [0.717, 1.165) is 31.6 Å². The molecule has 1 saturated heterocycles. The van der Waals surface area contributed by atoms with Crippen LogP contribution in [-0.2, 0) is 6.54 Å². The molecule has 0 saturated carbocycles. The van der Waals surface area contributed by atoms with E-state index < -0.39 is 0 Å². The summed E-state index contributed by atoms with van der Waals surface area (Å²) in [5.74, 6) is -0.115. The number of halogens is 1. The van der Waals surface area contributed by atoms with Crippen molar-refractivity contribution < 1.29 is 4.39 Å². The average Bonchev–Trinajstić information content (AvgIpc) is 2.37. The second-order valence-corrected chi connectivity index (χ2v) is 5.28. The Bertz CT molecular complexity index is 390. The molecule has 2 N–H and O–H groups in total. The summed E-state index contributed by atoms with van der Waals surface area (Å²) in [7, 11) is 0. The van der Waals surface area contributed by atoms with Gasteiger partial charge in [-0.1, -0.05) is 18.6 Å². The van der Waals surface area contributed by atoms with Crippen LogP contribution in [-0.4, -0.2) is 24.0 Å². The Morgan fingerprint density at radius 2 is 2.22 bits per heavy atom. The van der Waals surface area contributed by atoms with Gasteiger partial charge in [0.25, 0.3) is 0 Å². The Labute approximate surface area is 109 Å². The first-order valence-electron chi connectivity index (χ1n) is 6.90. The molecule has 1 aliphatic rings. The molecule has 0 radical (unpaired) electrons. The molecule has 2 nitrogen and oxygen atoms in total. The van der Waals surface area contributed by atoms with Crippen molar-refractivity contribution in [1.29, 1.82) is 0 Å². The van der Waals surface area contributed by atoms with E-state index in [9.17, 15) is 4.39 Å². The van der Waals surface area contributed by atoms with Gasteiger partial charge >= 0.3 is 0 Å². The van der Waals surface area contributed by atoms with Gasteiger partial charge in [-0.25, -0.2) is 4.39 Å². The van der Waals surface area contributed by atoms with Crippen LogP contribution in [0.1, 0.15) is 36.8 Å². The first-order chi connectivity index (χ1) is 8.70. The van der Waals surface area contributed by atoms with E-state index in [4.69, 9.17) is 5.73 Å². The lowest BCUT2D eigenvalue weighted by Gasteiger charge is -2.35. The molecule has 1 aromatic rings. The molecule has 1 aromatic carbocycles. The van der Waals surface area contributed by atoms with E-state index in [-0.39, 0.29) is 5.82 Å². The van der Waals surface area contributed by atoms with Crippen molar-refractivity contribution in [1.82, 2.24) is 4.90 Å². The van der Waals surface area contributed by atoms with Crippen molar-refractivity contribution in [3.63, 3.8) is 0 Å². The predicted octanol–water partition coefficient (Wildman–Crippen LogP) is 2.84. The summed E-state index contributed by atoms with van der Waals surface area (Å²) in [6.45, 7) is 4.64. The first-order valence-corrected chi connectivity index (χ1v) is 6.90. The standard InChI is InChI=1S/C15H23FN2/c1-12-10-13(5-6-15(12)16)11-18-9-3-2-4-14(18)7-8-17/h5-6,10,14H,2-4,7-9,11,17H2,1H3. The van der Waals surface area contributed by atoms with Gasteiger partial charge in [0.1, 0.15) is 5.82 Å². The van der Waals surface area contributed by atoms with Crippen LogP contribution in [0, 0.1) is 12.7 Å². The molecule has 0 amide bonds. The molecule has 0 aromatic heterocycles. The molecular formula is C15H23FN2. The van der Waals surface area contributed by atoms with Crippen molar-refractivity contribution in [3.05, 3.63) is 35.1 Å².